The number of benzene rings is 1. The lowest BCUT2D eigenvalue weighted by molar-refractivity contribution is -0.141. The van der Waals surface area contributed by atoms with Crippen molar-refractivity contribution in [2.75, 3.05) is 0 Å². The van der Waals surface area contributed by atoms with Crippen LogP contribution in [0.2, 0.25) is 0 Å². The maximum Gasteiger partial charge on any atom is 0.326 e. The van der Waals surface area contributed by atoms with Crippen molar-refractivity contribution in [3.63, 3.8) is 0 Å². The molecule has 0 saturated heterocycles. The van der Waals surface area contributed by atoms with Gasteiger partial charge in [0.15, 0.2) is 5.75 Å². The number of rotatable bonds is 6. The summed E-state index contributed by atoms with van der Waals surface area (Å²) in [6.07, 6.45) is 1.94. The van der Waals surface area contributed by atoms with Crippen LogP contribution in [0.5, 0.6) is 5.75 Å². The van der Waals surface area contributed by atoms with Crippen molar-refractivity contribution in [3.8, 4) is 5.75 Å². The van der Waals surface area contributed by atoms with Crippen LogP contribution in [0.25, 0.3) is 0 Å². The number of carbonyl (C=O) groups is 1. The lowest BCUT2D eigenvalue weighted by Crippen LogP contribution is -2.23. The van der Waals surface area contributed by atoms with Crippen LogP contribution in [-0.2, 0) is 11.4 Å². The summed E-state index contributed by atoms with van der Waals surface area (Å²) in [6, 6.07) is 10.1. The van der Waals surface area contributed by atoms with Gasteiger partial charge >= 0.3 is 5.97 Å². The molecule has 0 aliphatic rings. The summed E-state index contributed by atoms with van der Waals surface area (Å²) in [6.45, 7) is 3.76. The second-order valence-corrected chi connectivity index (χ2v) is 5.04. The number of aromatic nitrogens is 1. The minimum atomic E-state index is -0.928. The Morgan fingerprint density at radius 2 is 1.95 bits per heavy atom. The highest BCUT2D eigenvalue weighted by atomic mass is 16.5. The predicted octanol–water partition coefficient (Wildman–Crippen LogP) is 2.77. The number of carboxylic acid groups (broad SMARTS) is 1. The molecule has 116 valence electrons. The van der Waals surface area contributed by atoms with Crippen molar-refractivity contribution < 1.29 is 14.6 Å². The average Bonchev–Trinajstić information content (AvgIpc) is 2.51. The molecule has 0 spiro atoms. The van der Waals surface area contributed by atoms with Gasteiger partial charge in [0.05, 0.1) is 5.69 Å². The van der Waals surface area contributed by atoms with E-state index in [0.29, 0.717) is 12.1 Å². The zero-order valence-electron chi connectivity index (χ0n) is 12.7. The SMILES string of the molecule is CCC(C(=O)O)n1ccc(=O)c(OCc2ccccc2)c1C. The average molecular weight is 301 g/mol. The van der Waals surface area contributed by atoms with Crippen LogP contribution < -0.4 is 10.2 Å². The van der Waals surface area contributed by atoms with Gasteiger partial charge in [0.1, 0.15) is 12.6 Å². The van der Waals surface area contributed by atoms with Crippen molar-refractivity contribution >= 4 is 5.97 Å². The van der Waals surface area contributed by atoms with E-state index in [0.717, 1.165) is 5.56 Å². The van der Waals surface area contributed by atoms with Crippen LogP contribution in [0.3, 0.4) is 0 Å². The number of aliphatic carboxylic acids is 1. The highest BCUT2D eigenvalue weighted by Gasteiger charge is 2.20. The van der Waals surface area contributed by atoms with Gasteiger partial charge in [0.25, 0.3) is 0 Å². The standard InChI is InChI=1S/C17H19NO4/c1-3-14(17(20)21)18-10-9-15(19)16(12(18)2)22-11-13-7-5-4-6-8-13/h4-10,14H,3,11H2,1-2H3,(H,20,21). The lowest BCUT2D eigenvalue weighted by atomic mass is 10.2. The molecule has 22 heavy (non-hydrogen) atoms. The molecule has 2 rings (SSSR count). The van der Waals surface area contributed by atoms with E-state index in [-0.39, 0.29) is 17.8 Å². The largest absolute Gasteiger partial charge is 0.483 e. The minimum absolute atomic E-state index is 0.200. The molecule has 5 nitrogen and oxygen atoms in total. The van der Waals surface area contributed by atoms with E-state index in [1.165, 1.54) is 12.3 Å². The molecule has 1 atom stereocenters. The van der Waals surface area contributed by atoms with E-state index < -0.39 is 12.0 Å². The molecule has 0 radical (unpaired) electrons. The Morgan fingerprint density at radius 3 is 2.55 bits per heavy atom. The molecule has 5 heteroatoms. The van der Waals surface area contributed by atoms with Gasteiger partial charge in [-0.2, -0.15) is 0 Å². The Labute approximate surface area is 128 Å². The first-order chi connectivity index (χ1) is 10.5. The van der Waals surface area contributed by atoms with Crippen molar-refractivity contribution in [1.29, 1.82) is 0 Å². The van der Waals surface area contributed by atoms with E-state index >= 15 is 0 Å². The number of hydrogen-bond acceptors (Lipinski definition) is 3. The fraction of sp³-hybridized carbons (Fsp3) is 0.294. The molecular formula is C17H19NO4. The van der Waals surface area contributed by atoms with Crippen LogP contribution in [0.1, 0.15) is 30.6 Å². The molecule has 0 bridgehead atoms. The first-order valence-corrected chi connectivity index (χ1v) is 7.15. The Bertz CT molecular complexity index is 706. The Kier molecular flexibility index (Phi) is 4.99. The molecule has 0 aliphatic carbocycles. The maximum atomic E-state index is 12.0. The fourth-order valence-electron chi connectivity index (χ4n) is 2.36. The Balaban J connectivity index is 2.31. The smallest absolute Gasteiger partial charge is 0.326 e. The topological polar surface area (TPSA) is 68.5 Å². The molecule has 0 aliphatic heterocycles. The molecule has 0 fully saturated rings. The maximum absolute atomic E-state index is 12.0. The van der Waals surface area contributed by atoms with Crippen molar-refractivity contribution in [1.82, 2.24) is 4.57 Å². The predicted molar refractivity (Wildman–Crippen MR) is 83.2 cm³/mol. The summed E-state index contributed by atoms with van der Waals surface area (Å²) in [4.78, 5) is 23.3. The third-order valence-corrected chi connectivity index (χ3v) is 3.56. The summed E-state index contributed by atoms with van der Waals surface area (Å²) in [5.41, 5.74) is 1.23. The minimum Gasteiger partial charge on any atom is -0.483 e. The van der Waals surface area contributed by atoms with Crippen LogP contribution in [-0.4, -0.2) is 15.6 Å². The first-order valence-electron chi connectivity index (χ1n) is 7.15. The van der Waals surface area contributed by atoms with Crippen LogP contribution in [0.4, 0.5) is 0 Å². The van der Waals surface area contributed by atoms with Crippen molar-refractivity contribution in [3.05, 3.63) is 64.1 Å². The van der Waals surface area contributed by atoms with Gasteiger partial charge in [0, 0.05) is 12.3 Å². The van der Waals surface area contributed by atoms with Crippen LogP contribution >= 0.6 is 0 Å². The highest BCUT2D eigenvalue weighted by molar-refractivity contribution is 5.72. The zero-order valence-corrected chi connectivity index (χ0v) is 12.7. The summed E-state index contributed by atoms with van der Waals surface area (Å²) >= 11 is 0. The van der Waals surface area contributed by atoms with Crippen LogP contribution in [0, 0.1) is 6.92 Å². The van der Waals surface area contributed by atoms with Crippen LogP contribution in [0.15, 0.2) is 47.4 Å². The van der Waals surface area contributed by atoms with E-state index in [1.54, 1.807) is 18.4 Å². The van der Waals surface area contributed by atoms with Gasteiger partial charge in [-0.1, -0.05) is 37.3 Å². The molecule has 0 saturated carbocycles. The van der Waals surface area contributed by atoms with Crippen molar-refractivity contribution in [2.24, 2.45) is 0 Å². The number of hydrogen-bond donors (Lipinski definition) is 1. The summed E-state index contributed by atoms with van der Waals surface area (Å²) in [5, 5.41) is 9.28. The van der Waals surface area contributed by atoms with Gasteiger partial charge in [-0.25, -0.2) is 4.79 Å². The second kappa shape index (κ2) is 6.93. The monoisotopic (exact) mass is 301 g/mol. The molecule has 1 aromatic carbocycles. The number of nitrogens with zero attached hydrogens (tertiary/aromatic N) is 1. The van der Waals surface area contributed by atoms with Gasteiger partial charge in [-0.05, 0) is 18.9 Å². The molecule has 1 unspecified atom stereocenters. The third kappa shape index (κ3) is 3.36. The first kappa shape index (κ1) is 15.8. The van der Waals surface area contributed by atoms with E-state index in [9.17, 15) is 14.7 Å². The quantitative estimate of drug-likeness (QED) is 0.890. The van der Waals surface area contributed by atoms with E-state index in [1.807, 2.05) is 30.3 Å². The van der Waals surface area contributed by atoms with Gasteiger partial charge in [-0.3, -0.25) is 4.79 Å². The number of pyridine rings is 1. The summed E-state index contributed by atoms with van der Waals surface area (Å²) in [7, 11) is 0. The molecular weight excluding hydrogens is 282 g/mol. The molecule has 2 aromatic rings. The Morgan fingerprint density at radius 1 is 1.27 bits per heavy atom. The van der Waals surface area contributed by atoms with E-state index in [4.69, 9.17) is 4.74 Å². The van der Waals surface area contributed by atoms with Gasteiger partial charge in [0.2, 0.25) is 5.43 Å². The normalized spacial score (nSPS) is 11.9. The van der Waals surface area contributed by atoms with Gasteiger partial charge < -0.3 is 14.4 Å². The lowest BCUT2D eigenvalue weighted by Gasteiger charge is -2.19. The number of ether oxygens (including phenoxy) is 1. The second-order valence-electron chi connectivity index (χ2n) is 5.04. The number of carboxylic acids is 1. The molecule has 1 heterocycles. The molecule has 1 N–H and O–H groups in total. The van der Waals surface area contributed by atoms with Crippen molar-refractivity contribution in [2.45, 2.75) is 32.9 Å². The summed E-state index contributed by atoms with van der Waals surface area (Å²) in [5.74, 6) is -0.727. The van der Waals surface area contributed by atoms with Gasteiger partial charge in [-0.15, -0.1) is 0 Å². The van der Waals surface area contributed by atoms with E-state index in [2.05, 4.69) is 0 Å². The molecule has 0 amide bonds. The fourth-order valence-corrected chi connectivity index (χ4v) is 2.36. The summed E-state index contributed by atoms with van der Waals surface area (Å²) < 4.78 is 7.22. The highest BCUT2D eigenvalue weighted by Crippen LogP contribution is 2.20. The zero-order chi connectivity index (χ0) is 16.1. The Hall–Kier alpha value is -2.56. The third-order valence-electron chi connectivity index (χ3n) is 3.56. The molecule has 1 aromatic heterocycles.